The van der Waals surface area contributed by atoms with Crippen LogP contribution in [0.25, 0.3) is 0 Å². The van der Waals surface area contributed by atoms with Crippen LogP contribution in [0, 0.1) is 6.92 Å². The molecule has 1 heterocycles. The summed E-state index contributed by atoms with van der Waals surface area (Å²) in [6.45, 7) is 8.12. The lowest BCUT2D eigenvalue weighted by molar-refractivity contribution is 0.469. The molecule has 0 saturated carbocycles. The minimum atomic E-state index is -0.176. The Morgan fingerprint density at radius 3 is 2.60 bits per heavy atom. The monoisotopic (exact) mass is 271 g/mol. The average molecular weight is 272 g/mol. The third kappa shape index (κ3) is 3.18. The Hall–Kier alpha value is -0.610. The second kappa shape index (κ2) is 4.49. The fourth-order valence-corrected chi connectivity index (χ4v) is 1.61. The van der Waals surface area contributed by atoms with E-state index in [2.05, 4.69) is 40.1 Å². The number of nitrogens with one attached hydrogen (secondary N) is 1. The molecule has 4 heteroatoms. The highest BCUT2D eigenvalue weighted by atomic mass is 79.9. The maximum absolute atomic E-state index is 5.89. The van der Waals surface area contributed by atoms with Crippen LogP contribution in [0.4, 0.5) is 5.82 Å². The molecule has 0 spiro atoms. The van der Waals surface area contributed by atoms with Crippen molar-refractivity contribution < 1.29 is 0 Å². The van der Waals surface area contributed by atoms with Gasteiger partial charge in [-0.05, 0) is 55.3 Å². The van der Waals surface area contributed by atoms with E-state index in [-0.39, 0.29) is 11.6 Å². The Bertz CT molecular complexity index is 348. The maximum atomic E-state index is 5.89. The van der Waals surface area contributed by atoms with Crippen LogP contribution in [-0.4, -0.2) is 16.6 Å². The van der Waals surface area contributed by atoms with Gasteiger partial charge < -0.3 is 11.1 Å². The fourth-order valence-electron chi connectivity index (χ4n) is 1.04. The molecule has 0 aromatic carbocycles. The molecule has 0 radical (unpaired) electrons. The minimum absolute atomic E-state index is 0.0486. The number of hydrogen-bond acceptors (Lipinski definition) is 3. The van der Waals surface area contributed by atoms with Crippen molar-refractivity contribution in [2.75, 3.05) is 5.32 Å². The molecule has 15 heavy (non-hydrogen) atoms. The predicted octanol–water partition coefficient (Wildman–Crippen LogP) is 2.69. The van der Waals surface area contributed by atoms with Crippen LogP contribution in [0.5, 0.6) is 0 Å². The molecule has 0 aliphatic heterocycles. The van der Waals surface area contributed by atoms with Gasteiger partial charge in [0, 0.05) is 17.8 Å². The van der Waals surface area contributed by atoms with Gasteiger partial charge in [-0.3, -0.25) is 0 Å². The number of halogens is 1. The van der Waals surface area contributed by atoms with Crippen molar-refractivity contribution in [3.05, 3.63) is 22.3 Å². The molecule has 0 bridgehead atoms. The largest absolute Gasteiger partial charge is 0.363 e. The second-order valence-corrected chi connectivity index (χ2v) is 5.33. The minimum Gasteiger partial charge on any atom is -0.363 e. The summed E-state index contributed by atoms with van der Waals surface area (Å²) in [5, 5.41) is 3.33. The number of nitrogens with zero attached hydrogens (tertiary/aromatic N) is 1. The standard InChI is InChI=1S/C11H18BrN3/c1-7-5-9(12)10(14-6-7)15-11(3,4)8(2)13/h5-6,8H,13H2,1-4H3,(H,14,15). The number of pyridine rings is 1. The molecule has 1 aromatic heterocycles. The topological polar surface area (TPSA) is 50.9 Å². The Labute approximate surface area is 99.6 Å². The van der Waals surface area contributed by atoms with Crippen LogP contribution >= 0.6 is 15.9 Å². The number of hydrogen-bond donors (Lipinski definition) is 2. The summed E-state index contributed by atoms with van der Waals surface area (Å²) in [6.07, 6.45) is 1.84. The molecule has 0 aliphatic carbocycles. The lowest BCUT2D eigenvalue weighted by Crippen LogP contribution is -2.47. The highest BCUT2D eigenvalue weighted by Crippen LogP contribution is 2.24. The SMILES string of the molecule is Cc1cnc(NC(C)(C)C(C)N)c(Br)c1. The van der Waals surface area contributed by atoms with Gasteiger partial charge in [-0.2, -0.15) is 0 Å². The molecule has 0 fully saturated rings. The van der Waals surface area contributed by atoms with E-state index in [4.69, 9.17) is 5.73 Å². The Morgan fingerprint density at radius 1 is 1.53 bits per heavy atom. The first-order valence-corrected chi connectivity index (χ1v) is 5.78. The highest BCUT2D eigenvalue weighted by molar-refractivity contribution is 9.10. The van der Waals surface area contributed by atoms with E-state index in [0.29, 0.717) is 0 Å². The second-order valence-electron chi connectivity index (χ2n) is 4.48. The number of anilines is 1. The summed E-state index contributed by atoms with van der Waals surface area (Å²) < 4.78 is 0.969. The van der Waals surface area contributed by atoms with Gasteiger partial charge in [-0.15, -0.1) is 0 Å². The summed E-state index contributed by atoms with van der Waals surface area (Å²) >= 11 is 3.48. The van der Waals surface area contributed by atoms with E-state index in [1.54, 1.807) is 0 Å². The fraction of sp³-hybridized carbons (Fsp3) is 0.545. The lowest BCUT2D eigenvalue weighted by Gasteiger charge is -2.31. The first-order valence-electron chi connectivity index (χ1n) is 4.99. The van der Waals surface area contributed by atoms with Crippen molar-refractivity contribution in [3.8, 4) is 0 Å². The van der Waals surface area contributed by atoms with E-state index in [9.17, 15) is 0 Å². The molecule has 84 valence electrons. The van der Waals surface area contributed by atoms with Crippen molar-refractivity contribution in [2.24, 2.45) is 5.73 Å². The van der Waals surface area contributed by atoms with Crippen molar-refractivity contribution >= 4 is 21.7 Å². The van der Waals surface area contributed by atoms with Crippen LogP contribution < -0.4 is 11.1 Å². The van der Waals surface area contributed by atoms with Gasteiger partial charge in [0.05, 0.1) is 4.47 Å². The zero-order valence-electron chi connectivity index (χ0n) is 9.63. The van der Waals surface area contributed by atoms with Gasteiger partial charge >= 0.3 is 0 Å². The molecule has 1 rings (SSSR count). The van der Waals surface area contributed by atoms with Crippen molar-refractivity contribution in [1.29, 1.82) is 0 Å². The maximum Gasteiger partial charge on any atom is 0.140 e. The van der Waals surface area contributed by atoms with Gasteiger partial charge in [0.1, 0.15) is 5.82 Å². The summed E-state index contributed by atoms with van der Waals surface area (Å²) in [5.74, 6) is 0.836. The molecule has 0 aliphatic rings. The number of aromatic nitrogens is 1. The zero-order valence-corrected chi connectivity index (χ0v) is 11.2. The number of rotatable bonds is 3. The Balaban J connectivity index is 2.90. The molecule has 1 aromatic rings. The van der Waals surface area contributed by atoms with Gasteiger partial charge in [0.25, 0.3) is 0 Å². The normalized spacial score (nSPS) is 13.7. The predicted molar refractivity (Wildman–Crippen MR) is 68.0 cm³/mol. The van der Waals surface area contributed by atoms with Crippen LogP contribution in [-0.2, 0) is 0 Å². The summed E-state index contributed by atoms with van der Waals surface area (Å²) in [5.41, 5.74) is 6.85. The quantitative estimate of drug-likeness (QED) is 0.889. The Kier molecular flexibility index (Phi) is 3.73. The summed E-state index contributed by atoms with van der Waals surface area (Å²) in [7, 11) is 0. The first-order chi connectivity index (χ1) is 6.83. The third-order valence-electron chi connectivity index (χ3n) is 2.56. The zero-order chi connectivity index (χ0) is 11.6. The van der Waals surface area contributed by atoms with Gasteiger partial charge in [-0.1, -0.05) is 0 Å². The molecular weight excluding hydrogens is 254 g/mol. The van der Waals surface area contributed by atoms with Crippen molar-refractivity contribution in [1.82, 2.24) is 4.98 Å². The van der Waals surface area contributed by atoms with Crippen LogP contribution in [0.1, 0.15) is 26.3 Å². The molecule has 0 saturated heterocycles. The van der Waals surface area contributed by atoms with Crippen molar-refractivity contribution in [2.45, 2.75) is 39.3 Å². The third-order valence-corrected chi connectivity index (χ3v) is 3.16. The first kappa shape index (κ1) is 12.5. The summed E-state index contributed by atoms with van der Waals surface area (Å²) in [6, 6.07) is 2.08. The molecule has 3 nitrogen and oxygen atoms in total. The molecule has 3 N–H and O–H groups in total. The van der Waals surface area contributed by atoms with E-state index in [1.165, 1.54) is 0 Å². The lowest BCUT2D eigenvalue weighted by atomic mass is 9.97. The molecule has 1 unspecified atom stereocenters. The van der Waals surface area contributed by atoms with Crippen LogP contribution in [0.15, 0.2) is 16.7 Å². The highest BCUT2D eigenvalue weighted by Gasteiger charge is 2.23. The van der Waals surface area contributed by atoms with Crippen molar-refractivity contribution in [3.63, 3.8) is 0 Å². The van der Waals surface area contributed by atoms with E-state index >= 15 is 0 Å². The molecule has 1 atom stereocenters. The number of nitrogens with two attached hydrogens (primary N) is 1. The van der Waals surface area contributed by atoms with E-state index < -0.39 is 0 Å². The molecular formula is C11H18BrN3. The average Bonchev–Trinajstić information content (AvgIpc) is 2.09. The molecule has 0 amide bonds. The van der Waals surface area contributed by atoms with Gasteiger partial charge in [0.2, 0.25) is 0 Å². The van der Waals surface area contributed by atoms with Gasteiger partial charge in [-0.25, -0.2) is 4.98 Å². The smallest absolute Gasteiger partial charge is 0.140 e. The number of aryl methyl sites for hydroxylation is 1. The van der Waals surface area contributed by atoms with E-state index in [0.717, 1.165) is 15.9 Å². The van der Waals surface area contributed by atoms with Crippen LogP contribution in [0.2, 0.25) is 0 Å². The van der Waals surface area contributed by atoms with Gasteiger partial charge in [0.15, 0.2) is 0 Å². The summed E-state index contributed by atoms with van der Waals surface area (Å²) in [4.78, 5) is 4.33. The van der Waals surface area contributed by atoms with Crippen LogP contribution in [0.3, 0.4) is 0 Å². The Morgan fingerprint density at radius 2 is 2.13 bits per heavy atom. The van der Waals surface area contributed by atoms with E-state index in [1.807, 2.05) is 26.1 Å².